The Morgan fingerprint density at radius 1 is 1.53 bits per heavy atom. The summed E-state index contributed by atoms with van der Waals surface area (Å²) < 4.78 is 4.51. The molecule has 2 unspecified atom stereocenters. The molecular weight excluding hydrogens is 196 g/mol. The van der Waals surface area contributed by atoms with E-state index in [-0.39, 0.29) is 12.0 Å². The molecule has 0 aromatic rings. The van der Waals surface area contributed by atoms with Gasteiger partial charge in [-0.2, -0.15) is 0 Å². The molecular formula is C10H19N2O3+. The molecule has 0 aromatic carbocycles. The number of nitrogens with one attached hydrogen (secondary N) is 1. The van der Waals surface area contributed by atoms with E-state index in [2.05, 4.69) is 5.32 Å². The van der Waals surface area contributed by atoms with Crippen molar-refractivity contribution >= 4 is 5.91 Å². The van der Waals surface area contributed by atoms with Gasteiger partial charge in [0, 0.05) is 13.8 Å². The monoisotopic (exact) mass is 215 g/mol. The number of hydroxylamine groups is 3. The van der Waals surface area contributed by atoms with Crippen LogP contribution in [0.1, 0.15) is 27.7 Å². The van der Waals surface area contributed by atoms with E-state index in [0.717, 1.165) is 0 Å². The van der Waals surface area contributed by atoms with Gasteiger partial charge in [-0.25, -0.2) is 15.3 Å². The van der Waals surface area contributed by atoms with Crippen LogP contribution >= 0.6 is 0 Å². The maximum Gasteiger partial charge on any atom is 0.367 e. The standard InChI is InChI=1S/C10H19N2O3/c1-9(2)8(13)12(14,5-7-6-15-7)10(3,4)11-9/h7,11,14H,5-6H2,1-4H3/q+1. The van der Waals surface area contributed by atoms with Gasteiger partial charge < -0.3 is 4.74 Å². The van der Waals surface area contributed by atoms with Gasteiger partial charge in [-0.05, 0) is 13.8 Å². The number of hydrogen-bond acceptors (Lipinski definition) is 4. The fraction of sp³-hybridized carbons (Fsp3) is 0.900. The Hall–Kier alpha value is -0.490. The van der Waals surface area contributed by atoms with Gasteiger partial charge in [0.25, 0.3) is 0 Å². The molecule has 15 heavy (non-hydrogen) atoms. The molecule has 1 amide bonds. The summed E-state index contributed by atoms with van der Waals surface area (Å²) in [5.41, 5.74) is -1.35. The summed E-state index contributed by atoms with van der Waals surface area (Å²) in [7, 11) is 0. The van der Waals surface area contributed by atoms with Gasteiger partial charge >= 0.3 is 5.91 Å². The summed E-state index contributed by atoms with van der Waals surface area (Å²) in [6.07, 6.45) is 0.0222. The lowest BCUT2D eigenvalue weighted by molar-refractivity contribution is -1.07. The molecule has 5 nitrogen and oxygen atoms in total. The molecule has 0 bridgehead atoms. The maximum atomic E-state index is 12.1. The van der Waals surface area contributed by atoms with Gasteiger partial charge in [0.1, 0.15) is 18.2 Å². The molecule has 2 saturated heterocycles. The van der Waals surface area contributed by atoms with Crippen molar-refractivity contribution in [3.8, 4) is 0 Å². The summed E-state index contributed by atoms with van der Waals surface area (Å²) in [4.78, 5) is 12.1. The molecule has 2 rings (SSSR count). The van der Waals surface area contributed by atoms with Crippen molar-refractivity contribution in [2.24, 2.45) is 0 Å². The fourth-order valence-corrected chi connectivity index (χ4v) is 2.41. The van der Waals surface area contributed by atoms with Crippen molar-refractivity contribution in [1.82, 2.24) is 5.32 Å². The number of carbonyl (C=O) groups excluding carboxylic acids is 1. The lowest BCUT2D eigenvalue weighted by Gasteiger charge is -2.33. The van der Waals surface area contributed by atoms with Crippen LogP contribution in [0.3, 0.4) is 0 Å². The van der Waals surface area contributed by atoms with Crippen LogP contribution in [0.15, 0.2) is 0 Å². The highest BCUT2D eigenvalue weighted by Crippen LogP contribution is 2.35. The van der Waals surface area contributed by atoms with Crippen molar-refractivity contribution in [2.75, 3.05) is 13.2 Å². The summed E-state index contributed by atoms with van der Waals surface area (Å²) in [6.45, 7) is 8.23. The smallest absolute Gasteiger partial charge is 0.367 e. The first-order chi connectivity index (χ1) is 6.69. The Kier molecular flexibility index (Phi) is 2.05. The second kappa shape index (κ2) is 2.79. The zero-order valence-electron chi connectivity index (χ0n) is 9.70. The Morgan fingerprint density at radius 3 is 2.40 bits per heavy atom. The quantitative estimate of drug-likeness (QED) is 0.393. The second-order valence-corrected chi connectivity index (χ2v) is 5.52. The van der Waals surface area contributed by atoms with Crippen LogP contribution in [0.4, 0.5) is 0 Å². The van der Waals surface area contributed by atoms with Crippen molar-refractivity contribution in [3.63, 3.8) is 0 Å². The third-order valence-electron chi connectivity index (χ3n) is 3.28. The third kappa shape index (κ3) is 1.50. The van der Waals surface area contributed by atoms with Gasteiger partial charge in [0.2, 0.25) is 0 Å². The average molecular weight is 215 g/mol. The van der Waals surface area contributed by atoms with E-state index in [9.17, 15) is 10.0 Å². The molecule has 0 saturated carbocycles. The Labute approximate surface area is 89.6 Å². The van der Waals surface area contributed by atoms with E-state index in [0.29, 0.717) is 13.2 Å². The second-order valence-electron chi connectivity index (χ2n) is 5.52. The van der Waals surface area contributed by atoms with E-state index in [1.165, 1.54) is 0 Å². The molecule has 2 aliphatic rings. The van der Waals surface area contributed by atoms with Gasteiger partial charge in [0.15, 0.2) is 5.66 Å². The zero-order chi connectivity index (χ0) is 11.5. The van der Waals surface area contributed by atoms with E-state index in [4.69, 9.17) is 4.74 Å². The molecule has 0 aromatic heterocycles. The van der Waals surface area contributed by atoms with E-state index in [1.54, 1.807) is 13.8 Å². The van der Waals surface area contributed by atoms with Crippen molar-refractivity contribution in [1.29, 1.82) is 0 Å². The largest absolute Gasteiger partial charge is 0.367 e. The number of nitrogens with zero attached hydrogens (tertiary/aromatic N) is 1. The average Bonchev–Trinajstić information content (AvgIpc) is 2.81. The Bertz CT molecular complexity index is 310. The highest BCUT2D eigenvalue weighted by molar-refractivity contribution is 5.81. The van der Waals surface area contributed by atoms with Crippen LogP contribution in [0.25, 0.3) is 0 Å². The van der Waals surface area contributed by atoms with E-state index in [1.807, 2.05) is 13.8 Å². The normalized spacial score (nSPS) is 41.9. The zero-order valence-corrected chi connectivity index (χ0v) is 9.70. The molecule has 86 valence electrons. The Morgan fingerprint density at radius 2 is 2.07 bits per heavy atom. The molecule has 2 atom stereocenters. The van der Waals surface area contributed by atoms with Crippen LogP contribution < -0.4 is 5.32 Å². The molecule has 0 radical (unpaired) electrons. The summed E-state index contributed by atoms with van der Waals surface area (Å²) >= 11 is 0. The summed E-state index contributed by atoms with van der Waals surface area (Å²) in [6, 6.07) is 0. The van der Waals surface area contributed by atoms with Crippen LogP contribution in [0.5, 0.6) is 0 Å². The predicted molar refractivity (Wildman–Crippen MR) is 53.0 cm³/mol. The number of epoxide rings is 1. The predicted octanol–water partition coefficient (Wildman–Crippen LogP) is 0.236. The fourth-order valence-electron chi connectivity index (χ4n) is 2.41. The molecule has 2 heterocycles. The van der Waals surface area contributed by atoms with Crippen LogP contribution in [0, 0.1) is 0 Å². The third-order valence-corrected chi connectivity index (χ3v) is 3.28. The molecule has 2 N–H and O–H groups in total. The number of rotatable bonds is 2. The first kappa shape index (κ1) is 11.0. The number of ether oxygens (including phenoxy) is 1. The molecule has 2 fully saturated rings. The minimum atomic E-state index is -0.687. The first-order valence-corrected chi connectivity index (χ1v) is 5.26. The molecule has 0 spiro atoms. The highest BCUT2D eigenvalue weighted by atomic mass is 16.6. The minimum absolute atomic E-state index is 0.0222. The van der Waals surface area contributed by atoms with Gasteiger partial charge in [-0.1, -0.05) is 4.65 Å². The van der Waals surface area contributed by atoms with Crippen molar-refractivity contribution in [2.45, 2.75) is 45.0 Å². The lowest BCUT2D eigenvalue weighted by Crippen LogP contribution is -2.62. The SMILES string of the molecule is CC1(C)NC(C)(C)[N+](O)(CC2CO2)C1=O. The lowest BCUT2D eigenvalue weighted by atomic mass is 10.1. The van der Waals surface area contributed by atoms with Crippen molar-refractivity contribution in [3.05, 3.63) is 0 Å². The van der Waals surface area contributed by atoms with Gasteiger partial charge in [0.05, 0.1) is 6.61 Å². The first-order valence-electron chi connectivity index (χ1n) is 5.26. The maximum absolute atomic E-state index is 12.1. The summed E-state index contributed by atoms with van der Waals surface area (Å²) in [5.74, 6) is -0.192. The van der Waals surface area contributed by atoms with Crippen LogP contribution in [-0.2, 0) is 9.53 Å². The highest BCUT2D eigenvalue weighted by Gasteiger charge is 2.65. The van der Waals surface area contributed by atoms with E-state index < -0.39 is 15.8 Å². The number of carbonyl (C=O) groups is 1. The number of hydrogen-bond donors (Lipinski definition) is 2. The van der Waals surface area contributed by atoms with Crippen molar-refractivity contribution < 1.29 is 19.4 Å². The van der Waals surface area contributed by atoms with Gasteiger partial charge in [-0.15, -0.1) is 0 Å². The Balaban J connectivity index is 2.31. The molecule has 5 heteroatoms. The molecule has 2 aliphatic heterocycles. The molecule has 0 aliphatic carbocycles. The minimum Gasteiger partial charge on any atom is -0.367 e. The summed E-state index contributed by atoms with van der Waals surface area (Å²) in [5, 5.41) is 13.6. The number of amides is 1. The number of quaternary nitrogens is 1. The topological polar surface area (TPSA) is 61.9 Å². The van der Waals surface area contributed by atoms with E-state index >= 15 is 0 Å². The van der Waals surface area contributed by atoms with Gasteiger partial charge in [-0.3, -0.25) is 0 Å². The van der Waals surface area contributed by atoms with Crippen LogP contribution in [-0.4, -0.2) is 46.2 Å². The van der Waals surface area contributed by atoms with Crippen LogP contribution in [0.2, 0.25) is 0 Å².